The summed E-state index contributed by atoms with van der Waals surface area (Å²) in [6.07, 6.45) is 1.87. The van der Waals surface area contributed by atoms with Crippen LogP contribution in [-0.4, -0.2) is 28.2 Å². The molecule has 1 aromatic carbocycles. The molecule has 0 aliphatic rings. The van der Waals surface area contributed by atoms with Crippen LogP contribution < -0.4 is 14.8 Å². The lowest BCUT2D eigenvalue weighted by atomic mass is 10.2. The van der Waals surface area contributed by atoms with E-state index in [9.17, 15) is 0 Å². The van der Waals surface area contributed by atoms with Gasteiger partial charge < -0.3 is 14.8 Å². The largest absolute Gasteiger partial charge is 0.494 e. The van der Waals surface area contributed by atoms with Crippen molar-refractivity contribution in [3.8, 4) is 11.5 Å². The van der Waals surface area contributed by atoms with Gasteiger partial charge in [0.1, 0.15) is 17.2 Å². The van der Waals surface area contributed by atoms with Gasteiger partial charge in [0.15, 0.2) is 0 Å². The minimum absolute atomic E-state index is 0.587. The van der Waals surface area contributed by atoms with Gasteiger partial charge in [-0.1, -0.05) is 5.21 Å². The monoisotopic (exact) mass is 276 g/mol. The number of hydrogen-bond donors (Lipinski definition) is 1. The van der Waals surface area contributed by atoms with Gasteiger partial charge in [-0.3, -0.25) is 4.68 Å². The van der Waals surface area contributed by atoms with Crippen LogP contribution in [0.3, 0.4) is 0 Å². The number of aryl methyl sites for hydroxylation is 1. The zero-order chi connectivity index (χ0) is 14.4. The molecule has 0 aliphatic carbocycles. The molecular formula is C14H20N4O2. The molecule has 6 heteroatoms. The van der Waals surface area contributed by atoms with Crippen molar-refractivity contribution in [2.75, 3.05) is 18.5 Å². The molecular weight excluding hydrogens is 256 g/mol. The fraction of sp³-hybridized carbons (Fsp3) is 0.429. The molecule has 2 rings (SSSR count). The van der Waals surface area contributed by atoms with Crippen LogP contribution in [-0.2, 0) is 13.6 Å². The first kappa shape index (κ1) is 14.2. The second-order valence-electron chi connectivity index (χ2n) is 4.26. The smallest absolute Gasteiger partial charge is 0.142 e. The van der Waals surface area contributed by atoms with Crippen LogP contribution in [0.15, 0.2) is 24.4 Å². The van der Waals surface area contributed by atoms with Crippen LogP contribution >= 0.6 is 0 Å². The van der Waals surface area contributed by atoms with E-state index in [1.807, 2.05) is 45.3 Å². The minimum Gasteiger partial charge on any atom is -0.494 e. The Morgan fingerprint density at radius 3 is 2.65 bits per heavy atom. The van der Waals surface area contributed by atoms with E-state index >= 15 is 0 Å². The number of nitrogens with one attached hydrogen (secondary N) is 1. The summed E-state index contributed by atoms with van der Waals surface area (Å²) < 4.78 is 12.8. The highest BCUT2D eigenvalue weighted by molar-refractivity contribution is 5.59. The Bertz CT molecular complexity index is 554. The van der Waals surface area contributed by atoms with Crippen molar-refractivity contribution in [2.45, 2.75) is 20.4 Å². The zero-order valence-electron chi connectivity index (χ0n) is 12.1. The summed E-state index contributed by atoms with van der Waals surface area (Å²) in [6.45, 7) is 5.76. The third-order valence-electron chi connectivity index (χ3n) is 2.67. The molecule has 0 spiro atoms. The second kappa shape index (κ2) is 6.79. The molecule has 1 heterocycles. The quantitative estimate of drug-likeness (QED) is 0.840. The van der Waals surface area contributed by atoms with Crippen LogP contribution in [0.25, 0.3) is 0 Å². The zero-order valence-corrected chi connectivity index (χ0v) is 12.1. The molecule has 0 unspecified atom stereocenters. The Labute approximate surface area is 118 Å². The molecule has 0 amide bonds. The van der Waals surface area contributed by atoms with Crippen molar-refractivity contribution >= 4 is 5.69 Å². The summed E-state index contributed by atoms with van der Waals surface area (Å²) in [6, 6.07) is 5.75. The number of aromatic nitrogens is 3. The van der Waals surface area contributed by atoms with Crippen LogP contribution in [0.5, 0.6) is 11.5 Å². The number of hydrogen-bond acceptors (Lipinski definition) is 5. The Kier molecular flexibility index (Phi) is 4.81. The van der Waals surface area contributed by atoms with Crippen LogP contribution in [0, 0.1) is 0 Å². The van der Waals surface area contributed by atoms with E-state index in [4.69, 9.17) is 9.47 Å². The predicted molar refractivity (Wildman–Crippen MR) is 77.1 cm³/mol. The normalized spacial score (nSPS) is 10.3. The maximum Gasteiger partial charge on any atom is 0.142 e. The minimum atomic E-state index is 0.587. The van der Waals surface area contributed by atoms with Gasteiger partial charge >= 0.3 is 0 Å². The van der Waals surface area contributed by atoms with E-state index in [-0.39, 0.29) is 0 Å². The van der Waals surface area contributed by atoms with Crippen molar-refractivity contribution in [3.05, 3.63) is 30.1 Å². The van der Waals surface area contributed by atoms with Crippen LogP contribution in [0.2, 0.25) is 0 Å². The van der Waals surface area contributed by atoms with E-state index in [2.05, 4.69) is 15.6 Å². The summed E-state index contributed by atoms with van der Waals surface area (Å²) >= 11 is 0. The van der Waals surface area contributed by atoms with Gasteiger partial charge in [0, 0.05) is 19.3 Å². The highest BCUT2D eigenvalue weighted by Crippen LogP contribution is 2.29. The third kappa shape index (κ3) is 3.63. The molecule has 0 atom stereocenters. The van der Waals surface area contributed by atoms with E-state index in [1.54, 1.807) is 4.68 Å². The molecule has 1 aromatic heterocycles. The Morgan fingerprint density at radius 1 is 1.20 bits per heavy atom. The van der Waals surface area contributed by atoms with Crippen molar-refractivity contribution in [1.82, 2.24) is 15.0 Å². The molecule has 0 saturated heterocycles. The standard InChI is InChI=1S/C14H20N4O2/c1-4-19-12-6-7-14(20-5-2)13(8-12)15-9-11-10-18(3)17-16-11/h6-8,10,15H,4-5,9H2,1-3H3. The lowest BCUT2D eigenvalue weighted by Gasteiger charge is -2.13. The average molecular weight is 276 g/mol. The molecule has 1 N–H and O–H groups in total. The molecule has 0 saturated carbocycles. The summed E-state index contributed by atoms with van der Waals surface area (Å²) in [5.41, 5.74) is 1.76. The first-order valence-electron chi connectivity index (χ1n) is 6.71. The SMILES string of the molecule is CCOc1ccc(OCC)c(NCc2cn(C)nn2)c1. The van der Waals surface area contributed by atoms with Gasteiger partial charge in [-0.25, -0.2) is 0 Å². The third-order valence-corrected chi connectivity index (χ3v) is 2.67. The molecule has 6 nitrogen and oxygen atoms in total. The van der Waals surface area contributed by atoms with Gasteiger partial charge in [-0.15, -0.1) is 5.10 Å². The maximum atomic E-state index is 5.60. The topological polar surface area (TPSA) is 61.2 Å². The van der Waals surface area contributed by atoms with Gasteiger partial charge in [-0.2, -0.15) is 0 Å². The second-order valence-corrected chi connectivity index (χ2v) is 4.26. The van der Waals surface area contributed by atoms with E-state index < -0.39 is 0 Å². The van der Waals surface area contributed by atoms with Crippen molar-refractivity contribution < 1.29 is 9.47 Å². The molecule has 2 aromatic rings. The van der Waals surface area contributed by atoms with Gasteiger partial charge in [-0.05, 0) is 26.0 Å². The van der Waals surface area contributed by atoms with Gasteiger partial charge in [0.2, 0.25) is 0 Å². The fourth-order valence-corrected chi connectivity index (χ4v) is 1.85. The highest BCUT2D eigenvalue weighted by atomic mass is 16.5. The average Bonchev–Trinajstić information content (AvgIpc) is 2.85. The van der Waals surface area contributed by atoms with E-state index in [1.165, 1.54) is 0 Å². The molecule has 20 heavy (non-hydrogen) atoms. The van der Waals surface area contributed by atoms with Gasteiger partial charge in [0.25, 0.3) is 0 Å². The van der Waals surface area contributed by atoms with Crippen molar-refractivity contribution in [1.29, 1.82) is 0 Å². The molecule has 0 fully saturated rings. The van der Waals surface area contributed by atoms with Crippen molar-refractivity contribution in [3.63, 3.8) is 0 Å². The Morgan fingerprint density at radius 2 is 2.00 bits per heavy atom. The molecule has 108 valence electrons. The molecule has 0 aliphatic heterocycles. The first-order chi connectivity index (χ1) is 9.72. The number of anilines is 1. The summed E-state index contributed by atoms with van der Waals surface area (Å²) in [4.78, 5) is 0. The summed E-state index contributed by atoms with van der Waals surface area (Å²) in [7, 11) is 1.85. The van der Waals surface area contributed by atoms with E-state index in [0.29, 0.717) is 19.8 Å². The molecule has 0 radical (unpaired) electrons. The summed E-state index contributed by atoms with van der Waals surface area (Å²) in [5, 5.41) is 11.3. The van der Waals surface area contributed by atoms with E-state index in [0.717, 1.165) is 22.9 Å². The highest BCUT2D eigenvalue weighted by Gasteiger charge is 2.07. The number of rotatable bonds is 7. The Hall–Kier alpha value is -2.24. The Balaban J connectivity index is 2.11. The maximum absolute atomic E-state index is 5.60. The van der Waals surface area contributed by atoms with Gasteiger partial charge in [0.05, 0.1) is 25.4 Å². The van der Waals surface area contributed by atoms with Crippen LogP contribution in [0.1, 0.15) is 19.5 Å². The predicted octanol–water partition coefficient (Wildman–Crippen LogP) is 2.22. The summed E-state index contributed by atoms with van der Waals surface area (Å²) in [5.74, 6) is 1.62. The lowest BCUT2D eigenvalue weighted by molar-refractivity contribution is 0.332. The first-order valence-corrected chi connectivity index (χ1v) is 6.71. The number of benzene rings is 1. The van der Waals surface area contributed by atoms with Crippen LogP contribution in [0.4, 0.5) is 5.69 Å². The number of ether oxygens (including phenoxy) is 2. The number of nitrogens with zero attached hydrogens (tertiary/aromatic N) is 3. The van der Waals surface area contributed by atoms with Crippen molar-refractivity contribution in [2.24, 2.45) is 7.05 Å². The lowest BCUT2D eigenvalue weighted by Crippen LogP contribution is -2.04. The fourth-order valence-electron chi connectivity index (χ4n) is 1.85. The molecule has 0 bridgehead atoms.